The van der Waals surface area contributed by atoms with Gasteiger partial charge in [-0.3, -0.25) is 0 Å². The van der Waals surface area contributed by atoms with Gasteiger partial charge in [0.15, 0.2) is 11.6 Å². The first kappa shape index (κ1) is 13.7. The molecule has 0 heterocycles. The molecule has 2 N–H and O–H groups in total. The summed E-state index contributed by atoms with van der Waals surface area (Å²) in [4.78, 5) is 0. The molecule has 4 nitrogen and oxygen atoms in total. The average Bonchev–Trinajstić information content (AvgIpc) is 2.37. The molecule has 0 saturated carbocycles. The van der Waals surface area contributed by atoms with E-state index in [2.05, 4.69) is 10.6 Å². The first-order valence-electron chi connectivity index (χ1n) is 5.45. The van der Waals surface area contributed by atoms with Gasteiger partial charge in [0.05, 0.1) is 11.4 Å². The minimum atomic E-state index is -0.909. The molecule has 0 aromatic heterocycles. The van der Waals surface area contributed by atoms with Crippen molar-refractivity contribution in [3.63, 3.8) is 0 Å². The van der Waals surface area contributed by atoms with E-state index in [4.69, 9.17) is 10.5 Å². The lowest BCUT2D eigenvalue weighted by atomic mass is 10.0. The van der Waals surface area contributed by atoms with Crippen LogP contribution in [0.1, 0.15) is 25.0 Å². The van der Waals surface area contributed by atoms with Crippen molar-refractivity contribution in [3.8, 4) is 12.1 Å². The standard InChI is InChI=1S/C12H12F2N4/c1-3-17-11-9(13)7(5-15)8(6-16)10(14)12(11)18-4-2/h17-18H,3-4H2,1-2H3. The zero-order valence-corrected chi connectivity index (χ0v) is 10.1. The number of benzene rings is 1. The fraction of sp³-hybridized carbons (Fsp3) is 0.333. The van der Waals surface area contributed by atoms with E-state index in [0.717, 1.165) is 0 Å². The number of hydrogen-bond donors (Lipinski definition) is 2. The van der Waals surface area contributed by atoms with Gasteiger partial charge in [0.1, 0.15) is 23.3 Å². The molecule has 0 aliphatic rings. The van der Waals surface area contributed by atoms with Crippen molar-refractivity contribution in [2.75, 3.05) is 23.7 Å². The molecular weight excluding hydrogens is 238 g/mol. The summed E-state index contributed by atoms with van der Waals surface area (Å²) in [6.07, 6.45) is 0. The van der Waals surface area contributed by atoms with Gasteiger partial charge >= 0.3 is 0 Å². The van der Waals surface area contributed by atoms with Crippen LogP contribution in [0.3, 0.4) is 0 Å². The van der Waals surface area contributed by atoms with Crippen molar-refractivity contribution in [3.05, 3.63) is 22.8 Å². The fourth-order valence-electron chi connectivity index (χ4n) is 1.58. The Kier molecular flexibility index (Phi) is 4.45. The van der Waals surface area contributed by atoms with E-state index in [1.807, 2.05) is 0 Å². The molecule has 0 spiro atoms. The van der Waals surface area contributed by atoms with E-state index in [-0.39, 0.29) is 11.4 Å². The van der Waals surface area contributed by atoms with Gasteiger partial charge in [-0.2, -0.15) is 10.5 Å². The van der Waals surface area contributed by atoms with Crippen LogP contribution in [0.2, 0.25) is 0 Å². The Morgan fingerprint density at radius 1 is 0.889 bits per heavy atom. The number of halogens is 2. The zero-order valence-electron chi connectivity index (χ0n) is 10.1. The Hall–Kier alpha value is -2.34. The van der Waals surface area contributed by atoms with E-state index in [0.29, 0.717) is 13.1 Å². The summed E-state index contributed by atoms with van der Waals surface area (Å²) < 4.78 is 28.1. The van der Waals surface area contributed by atoms with Crippen LogP contribution in [0, 0.1) is 34.3 Å². The predicted molar refractivity (Wildman–Crippen MR) is 64.1 cm³/mol. The summed E-state index contributed by atoms with van der Waals surface area (Å²) in [5.74, 6) is -1.82. The smallest absolute Gasteiger partial charge is 0.167 e. The largest absolute Gasteiger partial charge is 0.381 e. The van der Waals surface area contributed by atoms with Crippen LogP contribution in [0.25, 0.3) is 0 Å². The summed E-state index contributed by atoms with van der Waals surface area (Å²) in [6, 6.07) is 3.04. The Labute approximate surface area is 104 Å². The Bertz CT molecular complexity index is 492. The maximum Gasteiger partial charge on any atom is 0.167 e. The molecule has 0 fully saturated rings. The molecule has 0 bridgehead atoms. The summed E-state index contributed by atoms with van der Waals surface area (Å²) >= 11 is 0. The highest BCUT2D eigenvalue weighted by atomic mass is 19.1. The Morgan fingerprint density at radius 2 is 1.22 bits per heavy atom. The van der Waals surface area contributed by atoms with Gasteiger partial charge in [-0.1, -0.05) is 0 Å². The van der Waals surface area contributed by atoms with Crippen LogP contribution in [0.15, 0.2) is 0 Å². The number of anilines is 2. The van der Waals surface area contributed by atoms with Gasteiger partial charge < -0.3 is 10.6 Å². The SMILES string of the molecule is CCNc1c(F)c(C#N)c(C#N)c(F)c1NCC. The fourth-order valence-corrected chi connectivity index (χ4v) is 1.58. The second kappa shape index (κ2) is 5.83. The molecule has 18 heavy (non-hydrogen) atoms. The normalized spacial score (nSPS) is 9.44. The molecule has 1 rings (SSSR count). The van der Waals surface area contributed by atoms with E-state index in [1.54, 1.807) is 13.8 Å². The maximum absolute atomic E-state index is 14.0. The molecule has 0 aliphatic heterocycles. The Morgan fingerprint density at radius 3 is 1.44 bits per heavy atom. The highest BCUT2D eigenvalue weighted by Crippen LogP contribution is 2.33. The van der Waals surface area contributed by atoms with Crippen molar-refractivity contribution in [1.82, 2.24) is 0 Å². The number of rotatable bonds is 4. The van der Waals surface area contributed by atoms with Crippen molar-refractivity contribution in [1.29, 1.82) is 10.5 Å². The molecule has 6 heteroatoms. The zero-order chi connectivity index (χ0) is 13.7. The van der Waals surface area contributed by atoms with Crippen molar-refractivity contribution >= 4 is 11.4 Å². The van der Waals surface area contributed by atoms with Gasteiger partial charge in [-0.25, -0.2) is 8.78 Å². The van der Waals surface area contributed by atoms with Crippen LogP contribution >= 0.6 is 0 Å². The lowest BCUT2D eigenvalue weighted by molar-refractivity contribution is 0.598. The van der Waals surface area contributed by atoms with Crippen LogP contribution < -0.4 is 10.6 Å². The average molecular weight is 250 g/mol. The van der Waals surface area contributed by atoms with Gasteiger partial charge in [-0.05, 0) is 13.8 Å². The topological polar surface area (TPSA) is 71.6 Å². The molecule has 0 saturated heterocycles. The lowest BCUT2D eigenvalue weighted by Gasteiger charge is -2.15. The lowest BCUT2D eigenvalue weighted by Crippen LogP contribution is -2.11. The highest BCUT2D eigenvalue weighted by molar-refractivity contribution is 5.76. The minimum Gasteiger partial charge on any atom is -0.381 e. The summed E-state index contributed by atoms with van der Waals surface area (Å²) in [6.45, 7) is 4.17. The minimum absolute atomic E-state index is 0.118. The molecule has 0 radical (unpaired) electrons. The summed E-state index contributed by atoms with van der Waals surface area (Å²) in [5, 5.41) is 22.9. The predicted octanol–water partition coefficient (Wildman–Crippen LogP) is 2.57. The van der Waals surface area contributed by atoms with Crippen molar-refractivity contribution < 1.29 is 8.78 Å². The van der Waals surface area contributed by atoms with Gasteiger partial charge in [0.25, 0.3) is 0 Å². The first-order chi connectivity index (χ1) is 8.62. The third-order valence-corrected chi connectivity index (χ3v) is 2.31. The molecule has 94 valence electrons. The number of nitrogens with zero attached hydrogens (tertiary/aromatic N) is 2. The van der Waals surface area contributed by atoms with Crippen molar-refractivity contribution in [2.24, 2.45) is 0 Å². The molecule has 0 aliphatic carbocycles. The van der Waals surface area contributed by atoms with E-state index >= 15 is 0 Å². The third kappa shape index (κ3) is 2.18. The Balaban J connectivity index is 3.65. The van der Waals surface area contributed by atoms with Gasteiger partial charge in [0, 0.05) is 13.1 Å². The van der Waals surface area contributed by atoms with Crippen LogP contribution in [-0.2, 0) is 0 Å². The summed E-state index contributed by atoms with van der Waals surface area (Å²) in [5.41, 5.74) is -1.39. The number of nitriles is 2. The van der Waals surface area contributed by atoms with Crippen LogP contribution in [-0.4, -0.2) is 13.1 Å². The second-order valence-electron chi connectivity index (χ2n) is 3.41. The quantitative estimate of drug-likeness (QED) is 0.861. The molecule has 1 aromatic rings. The summed E-state index contributed by atoms with van der Waals surface area (Å²) in [7, 11) is 0. The number of hydrogen-bond acceptors (Lipinski definition) is 4. The van der Waals surface area contributed by atoms with E-state index in [9.17, 15) is 8.78 Å². The van der Waals surface area contributed by atoms with Gasteiger partial charge in [0.2, 0.25) is 0 Å². The molecule has 1 aromatic carbocycles. The molecular formula is C12H12F2N4. The van der Waals surface area contributed by atoms with Crippen LogP contribution in [0.4, 0.5) is 20.2 Å². The third-order valence-electron chi connectivity index (χ3n) is 2.31. The molecule has 0 atom stereocenters. The highest BCUT2D eigenvalue weighted by Gasteiger charge is 2.24. The van der Waals surface area contributed by atoms with Gasteiger partial charge in [-0.15, -0.1) is 0 Å². The molecule has 0 unspecified atom stereocenters. The monoisotopic (exact) mass is 250 g/mol. The molecule has 0 amide bonds. The van der Waals surface area contributed by atoms with E-state index in [1.165, 1.54) is 12.1 Å². The van der Waals surface area contributed by atoms with E-state index < -0.39 is 22.8 Å². The van der Waals surface area contributed by atoms with Crippen LogP contribution in [0.5, 0.6) is 0 Å². The maximum atomic E-state index is 14.0. The second-order valence-corrected chi connectivity index (χ2v) is 3.41. The first-order valence-corrected chi connectivity index (χ1v) is 5.45. The number of nitrogens with one attached hydrogen (secondary N) is 2. The van der Waals surface area contributed by atoms with Crippen molar-refractivity contribution in [2.45, 2.75) is 13.8 Å².